The van der Waals surface area contributed by atoms with Gasteiger partial charge in [0.2, 0.25) is 0 Å². The molecule has 1 aromatic heterocycles. The average Bonchev–Trinajstić information content (AvgIpc) is 3.15. The van der Waals surface area contributed by atoms with E-state index in [0.29, 0.717) is 12.3 Å². The van der Waals surface area contributed by atoms with E-state index in [2.05, 4.69) is 10.3 Å². The fraction of sp³-hybridized carbons (Fsp3) is 0.158. The lowest BCUT2D eigenvalue weighted by molar-refractivity contribution is -0.123. The van der Waals surface area contributed by atoms with Crippen molar-refractivity contribution in [2.45, 2.75) is 6.54 Å². The van der Waals surface area contributed by atoms with Crippen molar-refractivity contribution in [3.63, 3.8) is 0 Å². The highest BCUT2D eigenvalue weighted by molar-refractivity contribution is 7.13. The van der Waals surface area contributed by atoms with Crippen molar-refractivity contribution >= 4 is 17.2 Å². The minimum Gasteiger partial charge on any atom is -0.497 e. The van der Waals surface area contributed by atoms with Crippen LogP contribution in [0.15, 0.2) is 60.0 Å². The van der Waals surface area contributed by atoms with Crippen LogP contribution >= 0.6 is 11.3 Å². The standard InChI is InChI=1S/C19H18N2O3S/c1-23-16-7-9-17(10-8-16)24-12-18(22)20-11-15-13-25-19(21-15)14-5-3-2-4-6-14/h2-10,13H,11-12H2,1H3,(H,20,22). The fourth-order valence-corrected chi connectivity index (χ4v) is 2.99. The Balaban J connectivity index is 1.46. The lowest BCUT2D eigenvalue weighted by Gasteiger charge is -2.07. The molecule has 1 heterocycles. The molecule has 0 aliphatic heterocycles. The van der Waals surface area contributed by atoms with E-state index in [9.17, 15) is 4.79 Å². The van der Waals surface area contributed by atoms with E-state index in [1.54, 1.807) is 42.7 Å². The molecule has 1 amide bonds. The van der Waals surface area contributed by atoms with Crippen LogP contribution in [0.25, 0.3) is 10.6 Å². The number of nitrogens with zero attached hydrogens (tertiary/aromatic N) is 1. The lowest BCUT2D eigenvalue weighted by Crippen LogP contribution is -2.28. The summed E-state index contributed by atoms with van der Waals surface area (Å²) in [6.07, 6.45) is 0. The Bertz CT molecular complexity index is 816. The molecule has 0 atom stereocenters. The van der Waals surface area contributed by atoms with Crippen molar-refractivity contribution in [3.05, 3.63) is 65.7 Å². The van der Waals surface area contributed by atoms with Gasteiger partial charge < -0.3 is 14.8 Å². The third-order valence-electron chi connectivity index (χ3n) is 3.47. The molecule has 3 aromatic rings. The Hall–Kier alpha value is -2.86. The van der Waals surface area contributed by atoms with E-state index >= 15 is 0 Å². The van der Waals surface area contributed by atoms with Crippen LogP contribution in [0.1, 0.15) is 5.69 Å². The number of nitrogens with one attached hydrogen (secondary N) is 1. The summed E-state index contributed by atoms with van der Waals surface area (Å²) in [7, 11) is 1.60. The zero-order chi connectivity index (χ0) is 17.5. The van der Waals surface area contributed by atoms with Gasteiger partial charge in [0.05, 0.1) is 19.3 Å². The van der Waals surface area contributed by atoms with Crippen LogP contribution in [0.4, 0.5) is 0 Å². The summed E-state index contributed by atoms with van der Waals surface area (Å²) in [5, 5.41) is 5.71. The maximum Gasteiger partial charge on any atom is 0.258 e. The summed E-state index contributed by atoms with van der Waals surface area (Å²) in [5.41, 5.74) is 1.91. The molecule has 5 nitrogen and oxygen atoms in total. The summed E-state index contributed by atoms with van der Waals surface area (Å²) in [4.78, 5) is 16.4. The zero-order valence-corrected chi connectivity index (χ0v) is 14.6. The normalized spacial score (nSPS) is 10.3. The molecule has 0 bridgehead atoms. The highest BCUT2D eigenvalue weighted by Gasteiger charge is 2.07. The van der Waals surface area contributed by atoms with Crippen LogP contribution < -0.4 is 14.8 Å². The number of hydrogen-bond donors (Lipinski definition) is 1. The van der Waals surface area contributed by atoms with Crippen molar-refractivity contribution in [1.82, 2.24) is 10.3 Å². The second-order valence-corrected chi connectivity index (χ2v) is 6.11. The maximum atomic E-state index is 11.9. The molecule has 128 valence electrons. The molecule has 0 unspecified atom stereocenters. The highest BCUT2D eigenvalue weighted by Crippen LogP contribution is 2.23. The summed E-state index contributed by atoms with van der Waals surface area (Å²) in [6, 6.07) is 17.1. The molecule has 0 spiro atoms. The van der Waals surface area contributed by atoms with Crippen LogP contribution in [0.2, 0.25) is 0 Å². The van der Waals surface area contributed by atoms with E-state index in [1.165, 1.54) is 0 Å². The molecule has 0 saturated carbocycles. The van der Waals surface area contributed by atoms with Gasteiger partial charge in [0.15, 0.2) is 6.61 Å². The number of hydrogen-bond acceptors (Lipinski definition) is 5. The zero-order valence-electron chi connectivity index (χ0n) is 13.8. The Morgan fingerprint density at radius 2 is 1.80 bits per heavy atom. The third-order valence-corrected chi connectivity index (χ3v) is 4.41. The summed E-state index contributed by atoms with van der Waals surface area (Å²) >= 11 is 1.56. The van der Waals surface area contributed by atoms with Crippen LogP contribution in [-0.2, 0) is 11.3 Å². The molecular weight excluding hydrogens is 336 g/mol. The molecular formula is C19H18N2O3S. The smallest absolute Gasteiger partial charge is 0.258 e. The van der Waals surface area contributed by atoms with Gasteiger partial charge in [-0.2, -0.15) is 0 Å². The second-order valence-electron chi connectivity index (χ2n) is 5.25. The monoisotopic (exact) mass is 354 g/mol. The first-order chi connectivity index (χ1) is 12.2. The summed E-state index contributed by atoms with van der Waals surface area (Å²) < 4.78 is 10.5. The number of rotatable bonds is 7. The van der Waals surface area contributed by atoms with Crippen molar-refractivity contribution < 1.29 is 14.3 Å². The first kappa shape index (κ1) is 17.0. The number of carbonyl (C=O) groups excluding carboxylic acids is 1. The molecule has 6 heteroatoms. The Kier molecular flexibility index (Phi) is 5.64. The minimum absolute atomic E-state index is 0.0397. The highest BCUT2D eigenvalue weighted by atomic mass is 32.1. The number of ether oxygens (including phenoxy) is 2. The molecule has 0 saturated heterocycles. The molecule has 2 aromatic carbocycles. The van der Waals surface area contributed by atoms with Crippen molar-refractivity contribution in [2.24, 2.45) is 0 Å². The van der Waals surface area contributed by atoms with Crippen LogP contribution in [0.3, 0.4) is 0 Å². The molecule has 0 aliphatic carbocycles. The van der Waals surface area contributed by atoms with E-state index < -0.39 is 0 Å². The minimum atomic E-state index is -0.190. The van der Waals surface area contributed by atoms with Crippen LogP contribution in [-0.4, -0.2) is 24.6 Å². The van der Waals surface area contributed by atoms with E-state index in [4.69, 9.17) is 9.47 Å². The van der Waals surface area contributed by atoms with Gasteiger partial charge in [-0.15, -0.1) is 11.3 Å². The number of thiazole rings is 1. The SMILES string of the molecule is COc1ccc(OCC(=O)NCc2csc(-c3ccccc3)n2)cc1. The molecule has 0 aliphatic rings. The number of benzene rings is 2. The average molecular weight is 354 g/mol. The van der Waals surface area contributed by atoms with Crippen LogP contribution in [0.5, 0.6) is 11.5 Å². The van der Waals surface area contributed by atoms with Gasteiger partial charge in [0.1, 0.15) is 16.5 Å². The van der Waals surface area contributed by atoms with Gasteiger partial charge in [-0.1, -0.05) is 30.3 Å². The van der Waals surface area contributed by atoms with Crippen LogP contribution in [0, 0.1) is 0 Å². The lowest BCUT2D eigenvalue weighted by atomic mass is 10.2. The summed E-state index contributed by atoms with van der Waals surface area (Å²) in [6.45, 7) is 0.343. The summed E-state index contributed by atoms with van der Waals surface area (Å²) in [5.74, 6) is 1.18. The molecule has 3 rings (SSSR count). The molecule has 0 fully saturated rings. The number of amides is 1. The quantitative estimate of drug-likeness (QED) is 0.705. The molecule has 0 radical (unpaired) electrons. The molecule has 25 heavy (non-hydrogen) atoms. The number of carbonyl (C=O) groups is 1. The van der Waals surface area contributed by atoms with E-state index in [1.807, 2.05) is 35.7 Å². The van der Waals surface area contributed by atoms with Crippen molar-refractivity contribution in [3.8, 4) is 22.1 Å². The van der Waals surface area contributed by atoms with Gasteiger partial charge in [0, 0.05) is 10.9 Å². The Morgan fingerprint density at radius 3 is 2.52 bits per heavy atom. The van der Waals surface area contributed by atoms with Gasteiger partial charge in [-0.25, -0.2) is 4.98 Å². The largest absolute Gasteiger partial charge is 0.497 e. The van der Waals surface area contributed by atoms with E-state index in [0.717, 1.165) is 22.0 Å². The molecule has 1 N–H and O–H groups in total. The first-order valence-electron chi connectivity index (χ1n) is 7.78. The number of aromatic nitrogens is 1. The van der Waals surface area contributed by atoms with Gasteiger partial charge >= 0.3 is 0 Å². The van der Waals surface area contributed by atoms with Gasteiger partial charge in [-0.05, 0) is 24.3 Å². The first-order valence-corrected chi connectivity index (χ1v) is 8.66. The van der Waals surface area contributed by atoms with Crippen molar-refractivity contribution in [1.29, 1.82) is 0 Å². The topological polar surface area (TPSA) is 60.5 Å². The predicted octanol–water partition coefficient (Wildman–Crippen LogP) is 3.51. The Morgan fingerprint density at radius 1 is 1.08 bits per heavy atom. The maximum absolute atomic E-state index is 11.9. The Labute approximate surface area is 150 Å². The van der Waals surface area contributed by atoms with E-state index in [-0.39, 0.29) is 12.5 Å². The third kappa shape index (κ3) is 4.81. The van der Waals surface area contributed by atoms with Gasteiger partial charge in [0.25, 0.3) is 5.91 Å². The second kappa shape index (κ2) is 8.30. The van der Waals surface area contributed by atoms with Gasteiger partial charge in [-0.3, -0.25) is 4.79 Å². The van der Waals surface area contributed by atoms with Crippen molar-refractivity contribution in [2.75, 3.05) is 13.7 Å². The fourth-order valence-electron chi connectivity index (χ4n) is 2.16. The number of methoxy groups -OCH3 is 1. The predicted molar refractivity (Wildman–Crippen MR) is 97.9 cm³/mol.